The summed E-state index contributed by atoms with van der Waals surface area (Å²) in [5, 5.41) is 3.50. The van der Waals surface area contributed by atoms with Gasteiger partial charge in [-0.05, 0) is 42.6 Å². The smallest absolute Gasteiger partial charge is 0.463 e. The monoisotopic (exact) mass is 275 g/mol. The molecule has 2 rings (SSSR count). The second kappa shape index (κ2) is 5.75. The molecule has 0 radical (unpaired) electrons. The van der Waals surface area contributed by atoms with Crippen LogP contribution in [0.4, 0.5) is 11.5 Å². The molecule has 8 heteroatoms. The maximum absolute atomic E-state index is 11.9. The van der Waals surface area contributed by atoms with Gasteiger partial charge in [0.25, 0.3) is 0 Å². The van der Waals surface area contributed by atoms with E-state index >= 15 is 0 Å². The van der Waals surface area contributed by atoms with Crippen LogP contribution in [0.5, 0.6) is 0 Å². The maximum atomic E-state index is 11.9. The molecule has 0 atom stereocenters. The minimum absolute atomic E-state index is 0. The van der Waals surface area contributed by atoms with Gasteiger partial charge in [-0.3, -0.25) is 5.16 Å². The number of aryl methyl sites for hydroxylation is 1. The van der Waals surface area contributed by atoms with Gasteiger partial charge in [0.1, 0.15) is 0 Å². The summed E-state index contributed by atoms with van der Waals surface area (Å²) in [6, 6.07) is 5.78. The molecule has 0 bridgehead atoms. The van der Waals surface area contributed by atoms with E-state index in [2.05, 4.69) is 14.4 Å². The number of hydrogen-bond donors (Lipinski definition) is 1. The SMILES string of the molecule is Cc1conc1[N-]S(=O)(=O)c1ccc(N)cc1.[Na+]. The van der Waals surface area contributed by atoms with Gasteiger partial charge >= 0.3 is 29.6 Å². The summed E-state index contributed by atoms with van der Waals surface area (Å²) >= 11 is 0. The zero-order valence-corrected chi connectivity index (χ0v) is 12.8. The summed E-state index contributed by atoms with van der Waals surface area (Å²) < 4.78 is 31.9. The molecule has 0 aliphatic rings. The van der Waals surface area contributed by atoms with Gasteiger partial charge in [-0.15, -0.1) is 0 Å². The van der Waals surface area contributed by atoms with E-state index in [4.69, 9.17) is 5.73 Å². The number of nitrogens with zero attached hydrogens (tertiary/aromatic N) is 2. The van der Waals surface area contributed by atoms with Crippen molar-refractivity contribution in [1.82, 2.24) is 5.16 Å². The van der Waals surface area contributed by atoms with Crippen LogP contribution >= 0.6 is 0 Å². The Morgan fingerprint density at radius 1 is 1.28 bits per heavy atom. The van der Waals surface area contributed by atoms with Gasteiger partial charge in [0.05, 0.1) is 11.2 Å². The van der Waals surface area contributed by atoms with Gasteiger partial charge in [-0.25, -0.2) is 8.42 Å². The first kappa shape index (κ1) is 15.0. The average molecular weight is 275 g/mol. The molecule has 6 nitrogen and oxygen atoms in total. The number of rotatable bonds is 3. The summed E-state index contributed by atoms with van der Waals surface area (Å²) in [4.78, 5) is 0.0640. The van der Waals surface area contributed by atoms with Crippen LogP contribution < -0.4 is 35.3 Å². The van der Waals surface area contributed by atoms with Crippen molar-refractivity contribution in [3.8, 4) is 0 Å². The van der Waals surface area contributed by atoms with E-state index < -0.39 is 10.0 Å². The molecule has 0 saturated carbocycles. The fourth-order valence-corrected chi connectivity index (χ4v) is 2.17. The molecule has 0 amide bonds. The predicted octanol–water partition coefficient (Wildman–Crippen LogP) is -1.04. The summed E-state index contributed by atoms with van der Waals surface area (Å²) in [6.45, 7) is 1.66. The van der Waals surface area contributed by atoms with E-state index in [1.807, 2.05) is 0 Å². The molecule has 0 unspecified atom stereocenters. The third-order valence-electron chi connectivity index (χ3n) is 2.11. The predicted molar refractivity (Wildman–Crippen MR) is 62.3 cm³/mol. The van der Waals surface area contributed by atoms with Gasteiger partial charge in [0.2, 0.25) is 10.0 Å². The zero-order chi connectivity index (χ0) is 12.5. The molecule has 1 heterocycles. The molecule has 2 aromatic rings. The van der Waals surface area contributed by atoms with E-state index in [1.165, 1.54) is 30.5 Å². The van der Waals surface area contributed by atoms with Crippen molar-refractivity contribution in [1.29, 1.82) is 0 Å². The first-order valence-electron chi connectivity index (χ1n) is 4.73. The van der Waals surface area contributed by atoms with Crippen molar-refractivity contribution in [3.05, 3.63) is 40.8 Å². The number of aromatic nitrogens is 1. The fourth-order valence-electron chi connectivity index (χ4n) is 1.18. The molecule has 0 aliphatic heterocycles. The minimum atomic E-state index is -3.78. The number of hydrogen-bond acceptors (Lipinski definition) is 5. The summed E-state index contributed by atoms with van der Waals surface area (Å²) in [5.74, 6) is 0.0572. The molecule has 18 heavy (non-hydrogen) atoms. The summed E-state index contributed by atoms with van der Waals surface area (Å²) in [6.07, 6.45) is 1.33. The van der Waals surface area contributed by atoms with Crippen molar-refractivity contribution in [2.75, 3.05) is 5.73 Å². The Labute approximate surface area is 127 Å². The second-order valence-electron chi connectivity index (χ2n) is 3.46. The van der Waals surface area contributed by atoms with Crippen LogP contribution in [0.3, 0.4) is 0 Å². The number of nitrogens with two attached hydrogens (primary N) is 1. The molecule has 0 aliphatic carbocycles. The summed E-state index contributed by atoms with van der Waals surface area (Å²) in [5.41, 5.74) is 6.52. The third-order valence-corrected chi connectivity index (χ3v) is 3.39. The average Bonchev–Trinajstić information content (AvgIpc) is 2.64. The van der Waals surface area contributed by atoms with E-state index in [0.717, 1.165) is 0 Å². The molecule has 2 N–H and O–H groups in total. The topological polar surface area (TPSA) is 100 Å². The van der Waals surface area contributed by atoms with Crippen LogP contribution in [0.15, 0.2) is 39.9 Å². The minimum Gasteiger partial charge on any atom is -0.463 e. The number of sulfonamides is 1. The molecule has 0 spiro atoms. The Morgan fingerprint density at radius 2 is 1.89 bits per heavy atom. The van der Waals surface area contributed by atoms with Crippen LogP contribution in [0, 0.1) is 6.92 Å². The van der Waals surface area contributed by atoms with Gasteiger partial charge in [0, 0.05) is 5.69 Å². The molecule has 1 aromatic heterocycles. The van der Waals surface area contributed by atoms with Gasteiger partial charge < -0.3 is 15.0 Å². The maximum Gasteiger partial charge on any atom is 1.00 e. The largest absolute Gasteiger partial charge is 1.00 e. The van der Waals surface area contributed by atoms with Gasteiger partial charge in [-0.2, -0.15) is 0 Å². The molecule has 0 saturated heterocycles. The third kappa shape index (κ3) is 3.26. The van der Waals surface area contributed by atoms with E-state index in [1.54, 1.807) is 6.92 Å². The van der Waals surface area contributed by atoms with Crippen LogP contribution in [0.1, 0.15) is 5.56 Å². The number of nitrogen functional groups attached to an aromatic ring is 1. The van der Waals surface area contributed by atoms with Crippen LogP contribution in [0.25, 0.3) is 4.72 Å². The normalized spacial score (nSPS) is 10.7. The van der Waals surface area contributed by atoms with Crippen LogP contribution in [-0.2, 0) is 10.0 Å². The van der Waals surface area contributed by atoms with Gasteiger partial charge in [-0.1, -0.05) is 0 Å². The zero-order valence-electron chi connectivity index (χ0n) is 9.99. The number of anilines is 1. The van der Waals surface area contributed by atoms with Crippen LogP contribution in [0.2, 0.25) is 0 Å². The first-order chi connectivity index (χ1) is 7.99. The Bertz CT molecular complexity index is 622. The quantitative estimate of drug-likeness (QED) is 0.570. The molecular formula is C10H10N3NaO3S. The fraction of sp³-hybridized carbons (Fsp3) is 0.100. The molecule has 0 fully saturated rings. The standard InChI is InChI=1S/C10H10N3O3S.Na/c1-7-6-16-12-10(7)13-17(14,15)9-4-2-8(11)3-5-9;/h2-6H,11H2,1H3;/q-1;+1. The van der Waals surface area contributed by atoms with E-state index in [-0.39, 0.29) is 40.3 Å². The number of benzene rings is 1. The molecular weight excluding hydrogens is 265 g/mol. The first-order valence-corrected chi connectivity index (χ1v) is 6.17. The van der Waals surface area contributed by atoms with Crippen LogP contribution in [-0.4, -0.2) is 13.6 Å². The Hall–Kier alpha value is -1.02. The van der Waals surface area contributed by atoms with Crippen molar-refractivity contribution in [2.45, 2.75) is 11.8 Å². The molecule has 1 aromatic carbocycles. The van der Waals surface area contributed by atoms with Crippen molar-refractivity contribution < 1.29 is 42.5 Å². The van der Waals surface area contributed by atoms with Crippen molar-refractivity contribution in [3.63, 3.8) is 0 Å². The Balaban J connectivity index is 0.00000162. The summed E-state index contributed by atoms with van der Waals surface area (Å²) in [7, 11) is -3.78. The van der Waals surface area contributed by atoms with E-state index in [9.17, 15) is 8.42 Å². The molecule has 90 valence electrons. The van der Waals surface area contributed by atoms with E-state index in [0.29, 0.717) is 11.3 Å². The second-order valence-corrected chi connectivity index (χ2v) is 5.06. The Kier molecular flexibility index (Phi) is 4.80. The van der Waals surface area contributed by atoms with Crippen molar-refractivity contribution in [2.24, 2.45) is 0 Å². The Morgan fingerprint density at radius 3 is 2.39 bits per heavy atom. The van der Waals surface area contributed by atoms with Crippen molar-refractivity contribution >= 4 is 21.5 Å². The van der Waals surface area contributed by atoms with Gasteiger partial charge in [0.15, 0.2) is 0 Å².